The molecule has 1 rings (SSSR count). The Balaban J connectivity index is 3.03. The number of aromatic nitrogens is 2. The molecule has 0 aliphatic heterocycles. The van der Waals surface area contributed by atoms with Crippen molar-refractivity contribution in [3.63, 3.8) is 0 Å². The highest BCUT2D eigenvalue weighted by Gasteiger charge is 2.08. The number of hydrogen-bond donors (Lipinski definition) is 2. The monoisotopic (exact) mass is 183 g/mol. The van der Waals surface area contributed by atoms with Crippen molar-refractivity contribution in [2.24, 2.45) is 0 Å². The van der Waals surface area contributed by atoms with E-state index in [2.05, 4.69) is 9.97 Å². The van der Waals surface area contributed by atoms with E-state index < -0.39 is 5.97 Å². The maximum Gasteiger partial charge on any atom is 0.354 e. The van der Waals surface area contributed by atoms with Crippen molar-refractivity contribution in [3.05, 3.63) is 17.5 Å². The van der Waals surface area contributed by atoms with Gasteiger partial charge in [-0.05, 0) is 6.07 Å². The average Bonchev–Trinajstić information content (AvgIpc) is 2.03. The smallest absolute Gasteiger partial charge is 0.354 e. The van der Waals surface area contributed by atoms with Gasteiger partial charge in [0, 0.05) is 7.11 Å². The lowest BCUT2D eigenvalue weighted by Crippen LogP contribution is -2.07. The third-order valence-electron chi connectivity index (χ3n) is 1.31. The Labute approximate surface area is 74.4 Å². The number of hydrogen-bond acceptors (Lipinski definition) is 5. The second-order valence-electron chi connectivity index (χ2n) is 2.34. The largest absolute Gasteiger partial charge is 0.477 e. The predicted molar refractivity (Wildman–Crippen MR) is 44.1 cm³/mol. The number of carbonyl (C=O) groups is 1. The number of carboxylic acids is 1. The minimum Gasteiger partial charge on any atom is -0.477 e. The molecule has 6 heteroatoms. The summed E-state index contributed by atoms with van der Waals surface area (Å²) < 4.78 is 4.78. The van der Waals surface area contributed by atoms with Gasteiger partial charge >= 0.3 is 5.97 Å². The number of nitrogens with zero attached hydrogens (tertiary/aromatic N) is 2. The van der Waals surface area contributed by atoms with E-state index in [9.17, 15) is 4.79 Å². The molecule has 3 N–H and O–H groups in total. The van der Waals surface area contributed by atoms with Gasteiger partial charge in [-0.25, -0.2) is 14.8 Å². The van der Waals surface area contributed by atoms with E-state index in [4.69, 9.17) is 15.6 Å². The maximum absolute atomic E-state index is 10.5. The fourth-order valence-corrected chi connectivity index (χ4v) is 0.849. The molecular weight excluding hydrogens is 174 g/mol. The first-order valence-corrected chi connectivity index (χ1v) is 3.49. The van der Waals surface area contributed by atoms with Gasteiger partial charge < -0.3 is 15.6 Å². The van der Waals surface area contributed by atoms with Gasteiger partial charge in [0.2, 0.25) is 5.95 Å². The van der Waals surface area contributed by atoms with E-state index in [1.54, 1.807) is 0 Å². The van der Waals surface area contributed by atoms with Gasteiger partial charge in [-0.3, -0.25) is 0 Å². The van der Waals surface area contributed by atoms with Crippen molar-refractivity contribution in [2.45, 2.75) is 6.61 Å². The highest BCUT2D eigenvalue weighted by molar-refractivity contribution is 5.85. The van der Waals surface area contributed by atoms with Crippen LogP contribution >= 0.6 is 0 Å². The fourth-order valence-electron chi connectivity index (χ4n) is 0.849. The number of rotatable bonds is 3. The van der Waals surface area contributed by atoms with Gasteiger partial charge in [-0.2, -0.15) is 0 Å². The van der Waals surface area contributed by atoms with Crippen LogP contribution in [0.2, 0.25) is 0 Å². The Hall–Kier alpha value is -1.69. The summed E-state index contributed by atoms with van der Waals surface area (Å²) >= 11 is 0. The van der Waals surface area contributed by atoms with Crippen LogP contribution < -0.4 is 5.73 Å². The highest BCUT2D eigenvalue weighted by Crippen LogP contribution is 2.03. The molecule has 0 saturated carbocycles. The van der Waals surface area contributed by atoms with E-state index in [1.807, 2.05) is 0 Å². The van der Waals surface area contributed by atoms with Crippen molar-refractivity contribution < 1.29 is 14.6 Å². The van der Waals surface area contributed by atoms with Crippen LogP contribution in [0.1, 0.15) is 16.2 Å². The first-order chi connectivity index (χ1) is 6.13. The van der Waals surface area contributed by atoms with Gasteiger partial charge in [0.15, 0.2) is 5.69 Å². The number of ether oxygens (including phenoxy) is 1. The second-order valence-corrected chi connectivity index (χ2v) is 2.34. The van der Waals surface area contributed by atoms with Crippen LogP contribution in [-0.2, 0) is 11.3 Å². The normalized spacial score (nSPS) is 9.92. The Morgan fingerprint density at radius 3 is 2.92 bits per heavy atom. The lowest BCUT2D eigenvalue weighted by atomic mass is 10.3. The van der Waals surface area contributed by atoms with E-state index in [1.165, 1.54) is 13.2 Å². The highest BCUT2D eigenvalue weighted by atomic mass is 16.5. The Kier molecular flexibility index (Phi) is 2.76. The molecule has 0 aliphatic carbocycles. The van der Waals surface area contributed by atoms with E-state index in [0.717, 1.165) is 0 Å². The van der Waals surface area contributed by atoms with E-state index >= 15 is 0 Å². The standard InChI is InChI=1S/C7H9N3O3/c1-13-3-4-2-5(6(11)12)10-7(8)9-4/h2H,3H2,1H3,(H,11,12)(H2,8,9,10). The number of aromatic carboxylic acids is 1. The number of methoxy groups -OCH3 is 1. The molecule has 6 nitrogen and oxygen atoms in total. The second kappa shape index (κ2) is 3.81. The van der Waals surface area contributed by atoms with Crippen LogP contribution in [-0.4, -0.2) is 28.2 Å². The first-order valence-electron chi connectivity index (χ1n) is 3.49. The summed E-state index contributed by atoms with van der Waals surface area (Å²) in [5.41, 5.74) is 5.61. The predicted octanol–water partition coefficient (Wildman–Crippen LogP) is -0.0966. The fraction of sp³-hybridized carbons (Fsp3) is 0.286. The summed E-state index contributed by atoms with van der Waals surface area (Å²) in [7, 11) is 1.48. The quantitative estimate of drug-likeness (QED) is 0.679. The summed E-state index contributed by atoms with van der Waals surface area (Å²) in [4.78, 5) is 17.8. The zero-order valence-corrected chi connectivity index (χ0v) is 7.02. The third-order valence-corrected chi connectivity index (χ3v) is 1.31. The molecule has 1 aromatic rings. The van der Waals surface area contributed by atoms with Crippen molar-refractivity contribution in [3.8, 4) is 0 Å². The van der Waals surface area contributed by atoms with Crippen molar-refractivity contribution in [2.75, 3.05) is 12.8 Å². The molecule has 70 valence electrons. The van der Waals surface area contributed by atoms with Crippen molar-refractivity contribution >= 4 is 11.9 Å². The first kappa shape index (κ1) is 9.40. The van der Waals surface area contributed by atoms with Crippen LogP contribution in [0.4, 0.5) is 5.95 Å². The molecule has 0 aromatic carbocycles. The minimum absolute atomic E-state index is 0.0630. The number of nitrogens with two attached hydrogens (primary N) is 1. The molecular formula is C7H9N3O3. The molecule has 0 radical (unpaired) electrons. The molecule has 0 fully saturated rings. The van der Waals surface area contributed by atoms with Crippen molar-refractivity contribution in [1.82, 2.24) is 9.97 Å². The molecule has 0 bridgehead atoms. The zero-order chi connectivity index (χ0) is 9.84. The molecule has 1 aromatic heterocycles. The van der Waals surface area contributed by atoms with E-state index in [-0.39, 0.29) is 18.2 Å². The van der Waals surface area contributed by atoms with Gasteiger partial charge in [0.05, 0.1) is 12.3 Å². The molecule has 13 heavy (non-hydrogen) atoms. The maximum atomic E-state index is 10.5. The topological polar surface area (TPSA) is 98.3 Å². The summed E-state index contributed by atoms with van der Waals surface area (Å²) in [6, 6.07) is 1.32. The third kappa shape index (κ3) is 2.38. The Bertz CT molecular complexity index is 327. The van der Waals surface area contributed by atoms with Gasteiger partial charge in [-0.1, -0.05) is 0 Å². The van der Waals surface area contributed by atoms with Crippen LogP contribution in [0.5, 0.6) is 0 Å². The number of anilines is 1. The molecule has 1 heterocycles. The van der Waals surface area contributed by atoms with Crippen LogP contribution in [0, 0.1) is 0 Å². The van der Waals surface area contributed by atoms with Gasteiger partial charge in [0.25, 0.3) is 0 Å². The lowest BCUT2D eigenvalue weighted by Gasteiger charge is -2.01. The van der Waals surface area contributed by atoms with E-state index in [0.29, 0.717) is 5.69 Å². The summed E-state index contributed by atoms with van der Waals surface area (Å²) in [6.45, 7) is 0.215. The molecule has 0 atom stereocenters. The molecule has 0 spiro atoms. The van der Waals surface area contributed by atoms with Crippen LogP contribution in [0.3, 0.4) is 0 Å². The van der Waals surface area contributed by atoms with Crippen molar-refractivity contribution in [1.29, 1.82) is 0 Å². The molecule has 0 amide bonds. The zero-order valence-electron chi connectivity index (χ0n) is 7.02. The SMILES string of the molecule is COCc1cc(C(=O)O)nc(N)n1. The summed E-state index contributed by atoms with van der Waals surface area (Å²) in [6.07, 6.45) is 0. The number of carboxylic acid groups (broad SMARTS) is 1. The average molecular weight is 183 g/mol. The minimum atomic E-state index is -1.13. The molecule has 0 saturated heterocycles. The van der Waals surface area contributed by atoms with Crippen LogP contribution in [0.25, 0.3) is 0 Å². The summed E-state index contributed by atoms with van der Waals surface area (Å²) in [5.74, 6) is -1.20. The van der Waals surface area contributed by atoms with Crippen LogP contribution in [0.15, 0.2) is 6.07 Å². The van der Waals surface area contributed by atoms with Gasteiger partial charge in [0.1, 0.15) is 0 Å². The molecule has 0 unspecified atom stereocenters. The Morgan fingerprint density at radius 1 is 1.69 bits per heavy atom. The number of nitrogen functional groups attached to an aromatic ring is 1. The summed E-state index contributed by atoms with van der Waals surface area (Å²) in [5, 5.41) is 8.62. The molecule has 0 aliphatic rings. The Morgan fingerprint density at radius 2 is 2.38 bits per heavy atom. The van der Waals surface area contributed by atoms with Gasteiger partial charge in [-0.15, -0.1) is 0 Å². The lowest BCUT2D eigenvalue weighted by molar-refractivity contribution is 0.0690.